The predicted molar refractivity (Wildman–Crippen MR) is 126 cm³/mol. The molecule has 13 nitrogen and oxygen atoms in total. The van der Waals surface area contributed by atoms with E-state index in [1.165, 1.54) is 11.8 Å². The van der Waals surface area contributed by atoms with Gasteiger partial charge in [0.2, 0.25) is 17.7 Å². The van der Waals surface area contributed by atoms with Crippen LogP contribution in [0.15, 0.2) is 4.99 Å². The molecule has 0 heterocycles. The Hall–Kier alpha value is -2.58. The topological polar surface area (TPSA) is 235 Å². The maximum Gasteiger partial charge on any atom is 0.326 e. The highest BCUT2D eigenvalue weighted by molar-refractivity contribution is 7.98. The standard InChI is InChI=1S/C19H37N7O6S/c1-10(2)14(18(31)32)26-17(30)12(5-4-7-23-19(21)22)25-16(29)13(6-8-33-3)24-15(28)11(20)9-27/h10-14,27H,4-9,20H2,1-3H3,(H,24,28)(H,25,29)(H,26,30)(H,31,32)(H4,21,22,23). The highest BCUT2D eigenvalue weighted by atomic mass is 32.2. The number of carboxylic acid groups (broad SMARTS) is 1. The van der Waals surface area contributed by atoms with Crippen molar-refractivity contribution in [3.05, 3.63) is 0 Å². The molecule has 0 radical (unpaired) electrons. The SMILES string of the molecule is CSCCC(NC(=O)C(N)CO)C(=O)NC(CCCN=C(N)N)C(=O)NC(C(=O)O)C(C)C. The Labute approximate surface area is 197 Å². The molecule has 3 amide bonds. The number of nitrogens with zero attached hydrogens (tertiary/aromatic N) is 1. The normalized spacial score (nSPS) is 14.5. The van der Waals surface area contributed by atoms with Crippen molar-refractivity contribution >= 4 is 41.4 Å². The summed E-state index contributed by atoms with van der Waals surface area (Å²) >= 11 is 1.45. The van der Waals surface area contributed by atoms with Gasteiger partial charge in [-0.1, -0.05) is 13.8 Å². The number of thioether (sulfide) groups is 1. The molecule has 0 aromatic heterocycles. The van der Waals surface area contributed by atoms with Gasteiger partial charge < -0.3 is 43.4 Å². The van der Waals surface area contributed by atoms with Crippen LogP contribution in [-0.2, 0) is 19.2 Å². The summed E-state index contributed by atoms with van der Waals surface area (Å²) < 4.78 is 0. The molecule has 0 bridgehead atoms. The van der Waals surface area contributed by atoms with Gasteiger partial charge in [-0.15, -0.1) is 0 Å². The van der Waals surface area contributed by atoms with Gasteiger partial charge in [0.05, 0.1) is 6.61 Å². The van der Waals surface area contributed by atoms with Crippen molar-refractivity contribution in [2.45, 2.75) is 57.3 Å². The summed E-state index contributed by atoms with van der Waals surface area (Å²) in [6, 6.07) is -4.44. The number of aliphatic hydroxyl groups is 1. The Bertz CT molecular complexity index is 688. The van der Waals surface area contributed by atoms with Crippen LogP contribution in [0.5, 0.6) is 0 Å². The average molecular weight is 492 g/mol. The van der Waals surface area contributed by atoms with Gasteiger partial charge in [-0.25, -0.2) is 4.79 Å². The van der Waals surface area contributed by atoms with Gasteiger partial charge in [0.1, 0.15) is 24.2 Å². The quantitative estimate of drug-likeness (QED) is 0.0632. The van der Waals surface area contributed by atoms with Crippen LogP contribution in [-0.4, -0.2) is 89.2 Å². The summed E-state index contributed by atoms with van der Waals surface area (Å²) in [5.41, 5.74) is 16.1. The van der Waals surface area contributed by atoms with Gasteiger partial charge in [0.25, 0.3) is 0 Å². The molecule has 4 unspecified atom stereocenters. The summed E-state index contributed by atoms with van der Waals surface area (Å²) in [6.45, 7) is 2.89. The number of aliphatic hydroxyl groups excluding tert-OH is 1. The number of aliphatic imine (C=N–C) groups is 1. The number of rotatable bonds is 16. The fraction of sp³-hybridized carbons (Fsp3) is 0.737. The van der Waals surface area contributed by atoms with E-state index >= 15 is 0 Å². The van der Waals surface area contributed by atoms with E-state index in [0.29, 0.717) is 12.2 Å². The average Bonchev–Trinajstić information content (AvgIpc) is 2.74. The molecule has 0 aromatic carbocycles. The molecule has 14 heteroatoms. The number of carbonyl (C=O) groups is 4. The van der Waals surface area contributed by atoms with Crippen LogP contribution in [0.25, 0.3) is 0 Å². The molecule has 0 rings (SSSR count). The van der Waals surface area contributed by atoms with Crippen molar-refractivity contribution in [1.29, 1.82) is 0 Å². The summed E-state index contributed by atoms with van der Waals surface area (Å²) in [6.07, 6.45) is 2.53. The molecule has 0 saturated heterocycles. The Balaban J connectivity index is 5.52. The van der Waals surface area contributed by atoms with E-state index in [4.69, 9.17) is 22.3 Å². The van der Waals surface area contributed by atoms with Crippen molar-refractivity contribution in [3.8, 4) is 0 Å². The molecule has 0 aliphatic rings. The maximum atomic E-state index is 12.9. The number of carbonyl (C=O) groups excluding carboxylic acids is 3. The minimum absolute atomic E-state index is 0.120. The second kappa shape index (κ2) is 16.1. The zero-order valence-corrected chi connectivity index (χ0v) is 20.1. The summed E-state index contributed by atoms with van der Waals surface area (Å²) in [4.78, 5) is 53.1. The molecule has 33 heavy (non-hydrogen) atoms. The first-order valence-electron chi connectivity index (χ1n) is 10.5. The minimum Gasteiger partial charge on any atom is -0.480 e. The van der Waals surface area contributed by atoms with Crippen LogP contribution in [0.4, 0.5) is 0 Å². The number of carboxylic acids is 1. The molecular formula is C19H37N7O6S. The Morgan fingerprint density at radius 3 is 2.00 bits per heavy atom. The highest BCUT2D eigenvalue weighted by Gasteiger charge is 2.31. The number of nitrogens with one attached hydrogen (secondary N) is 3. The smallest absolute Gasteiger partial charge is 0.326 e. The molecule has 190 valence electrons. The lowest BCUT2D eigenvalue weighted by atomic mass is 10.0. The van der Waals surface area contributed by atoms with E-state index in [-0.39, 0.29) is 25.3 Å². The Kier molecular flexibility index (Phi) is 14.8. The fourth-order valence-corrected chi connectivity index (χ4v) is 3.15. The lowest BCUT2D eigenvalue weighted by Gasteiger charge is -2.26. The lowest BCUT2D eigenvalue weighted by Crippen LogP contribution is -2.58. The maximum absolute atomic E-state index is 12.9. The van der Waals surface area contributed by atoms with Crippen molar-refractivity contribution in [2.75, 3.05) is 25.2 Å². The summed E-state index contributed by atoms with van der Waals surface area (Å²) in [7, 11) is 0. The molecule has 4 atom stereocenters. The van der Waals surface area contributed by atoms with E-state index in [9.17, 15) is 24.3 Å². The number of hydrogen-bond donors (Lipinski definition) is 8. The monoisotopic (exact) mass is 491 g/mol. The van der Waals surface area contributed by atoms with Gasteiger partial charge >= 0.3 is 5.97 Å². The van der Waals surface area contributed by atoms with Crippen LogP contribution in [0.2, 0.25) is 0 Å². The molecule has 0 spiro atoms. The third-order valence-corrected chi connectivity index (χ3v) is 5.23. The van der Waals surface area contributed by atoms with Crippen molar-refractivity contribution < 1.29 is 29.4 Å². The molecule has 0 aromatic rings. The first-order chi connectivity index (χ1) is 15.4. The van der Waals surface area contributed by atoms with Gasteiger partial charge in [-0.05, 0) is 37.2 Å². The van der Waals surface area contributed by atoms with E-state index in [2.05, 4.69) is 20.9 Å². The molecular weight excluding hydrogens is 454 g/mol. The second-order valence-corrected chi connectivity index (χ2v) is 8.70. The third-order valence-electron chi connectivity index (χ3n) is 4.59. The van der Waals surface area contributed by atoms with Crippen LogP contribution in [0.3, 0.4) is 0 Å². The number of hydrogen-bond acceptors (Lipinski definition) is 8. The molecule has 0 fully saturated rings. The fourth-order valence-electron chi connectivity index (χ4n) is 2.68. The Morgan fingerprint density at radius 1 is 0.970 bits per heavy atom. The molecule has 0 aliphatic heterocycles. The van der Waals surface area contributed by atoms with Crippen LogP contribution in [0, 0.1) is 5.92 Å². The van der Waals surface area contributed by atoms with E-state index in [1.54, 1.807) is 13.8 Å². The Morgan fingerprint density at radius 2 is 1.52 bits per heavy atom. The molecule has 0 saturated carbocycles. The van der Waals surface area contributed by atoms with Crippen LogP contribution < -0.4 is 33.2 Å². The van der Waals surface area contributed by atoms with Crippen LogP contribution >= 0.6 is 11.8 Å². The zero-order valence-electron chi connectivity index (χ0n) is 19.2. The number of nitrogens with two attached hydrogens (primary N) is 3. The second-order valence-electron chi connectivity index (χ2n) is 7.71. The lowest BCUT2D eigenvalue weighted by molar-refractivity contribution is -0.143. The summed E-state index contributed by atoms with van der Waals surface area (Å²) in [5, 5.41) is 25.9. The minimum atomic E-state index is -1.20. The van der Waals surface area contributed by atoms with Gasteiger partial charge in [-0.2, -0.15) is 11.8 Å². The largest absolute Gasteiger partial charge is 0.480 e. The number of guanidine groups is 1. The summed E-state index contributed by atoms with van der Waals surface area (Å²) in [5.74, 6) is -3.21. The van der Waals surface area contributed by atoms with Crippen molar-refractivity contribution in [3.63, 3.8) is 0 Å². The zero-order chi connectivity index (χ0) is 25.6. The van der Waals surface area contributed by atoms with Gasteiger partial charge in [0, 0.05) is 6.54 Å². The van der Waals surface area contributed by atoms with Gasteiger partial charge in [0.15, 0.2) is 5.96 Å². The number of aliphatic carboxylic acids is 1. The number of amides is 3. The van der Waals surface area contributed by atoms with Gasteiger partial charge in [-0.3, -0.25) is 19.4 Å². The van der Waals surface area contributed by atoms with Crippen molar-refractivity contribution in [1.82, 2.24) is 16.0 Å². The first-order valence-corrected chi connectivity index (χ1v) is 11.9. The first kappa shape index (κ1) is 30.4. The third kappa shape index (κ3) is 12.3. The van der Waals surface area contributed by atoms with E-state index in [1.807, 2.05) is 6.26 Å². The van der Waals surface area contributed by atoms with E-state index in [0.717, 1.165) is 0 Å². The molecule has 11 N–H and O–H groups in total. The molecule has 0 aliphatic carbocycles. The highest BCUT2D eigenvalue weighted by Crippen LogP contribution is 2.07. The van der Waals surface area contributed by atoms with Crippen LogP contribution in [0.1, 0.15) is 33.1 Å². The van der Waals surface area contributed by atoms with Crippen molar-refractivity contribution in [2.24, 2.45) is 28.1 Å². The predicted octanol–water partition coefficient (Wildman–Crippen LogP) is -2.69. The van der Waals surface area contributed by atoms with E-state index < -0.39 is 60.4 Å².